The van der Waals surface area contributed by atoms with E-state index >= 15 is 0 Å². The Morgan fingerprint density at radius 1 is 0.300 bits per heavy atom. The Hall–Kier alpha value is -9.18. The lowest BCUT2D eigenvalue weighted by Crippen LogP contribution is -2.26. The van der Waals surface area contributed by atoms with E-state index in [1.807, 2.05) is 6.07 Å². The molecule has 2 aliphatic rings. The number of rotatable bonds is 6. The van der Waals surface area contributed by atoms with Crippen molar-refractivity contribution in [3.8, 4) is 55.6 Å². The highest BCUT2D eigenvalue weighted by Crippen LogP contribution is 2.63. The second-order valence-corrected chi connectivity index (χ2v) is 18.7. The van der Waals surface area contributed by atoms with Crippen molar-refractivity contribution in [3.63, 3.8) is 0 Å². The molecule has 2 aliphatic carbocycles. The van der Waals surface area contributed by atoms with E-state index in [1.165, 1.54) is 50.1 Å². The second-order valence-electron chi connectivity index (χ2n) is 18.7. The van der Waals surface area contributed by atoms with Crippen LogP contribution in [0.3, 0.4) is 0 Å². The third-order valence-electron chi connectivity index (χ3n) is 15.1. The van der Waals surface area contributed by atoms with Gasteiger partial charge in [0.2, 0.25) is 0 Å². The lowest BCUT2D eigenvalue weighted by molar-refractivity contribution is 0.664. The summed E-state index contributed by atoms with van der Waals surface area (Å²) in [6, 6.07) is 90.3. The molecule has 0 unspecified atom stereocenters. The molecule has 0 fully saturated rings. The zero-order chi connectivity index (χ0) is 45.9. The molecule has 0 amide bonds. The number of benzene rings is 11. The third-order valence-corrected chi connectivity index (χ3v) is 15.1. The molecule has 0 aliphatic heterocycles. The average Bonchev–Trinajstić information content (AvgIpc) is 4.16. The molecule has 326 valence electrons. The monoisotopic (exact) mass is 891 g/mol. The minimum absolute atomic E-state index is 0.501. The van der Waals surface area contributed by atoms with Gasteiger partial charge in [-0.3, -0.25) is 0 Å². The molecule has 2 aromatic heterocycles. The lowest BCUT2D eigenvalue weighted by Gasteiger charge is -2.32. The smallest absolute Gasteiger partial charge is 0.144 e. The maximum atomic E-state index is 7.24. The largest absolute Gasteiger partial charge is 0.456 e. The molecule has 2 heterocycles. The Balaban J connectivity index is 1.01. The molecule has 0 radical (unpaired) electrons. The maximum absolute atomic E-state index is 7.24. The van der Waals surface area contributed by atoms with Crippen molar-refractivity contribution in [1.29, 1.82) is 0 Å². The molecular weight excluding hydrogens is 851 g/mol. The van der Waals surface area contributed by atoms with E-state index in [4.69, 9.17) is 8.83 Å². The van der Waals surface area contributed by atoms with Crippen molar-refractivity contribution in [2.24, 2.45) is 0 Å². The van der Waals surface area contributed by atoms with E-state index in [-0.39, 0.29) is 0 Å². The molecule has 0 atom stereocenters. The molecule has 13 aromatic rings. The first kappa shape index (κ1) is 38.9. The standard InChI is InChI=1S/C67H41NO2/c1-3-17-42(18-4-1)44-33-35-45(36-34-44)63-65-53-26-10-14-31-60(53)69-62(65)41-54-64-59(30-16-32-61(64)70-66(54)63)68(47-22-15-21-46(39-47)43-19-5-2-6-20-43)48-37-38-52-51-25-9-13-29-57(51)67(58(52)40-48)55-27-11-7-23-49(55)50-24-8-12-28-56(50)67/h1-41H. The summed E-state index contributed by atoms with van der Waals surface area (Å²) in [6.07, 6.45) is 0. The third kappa shape index (κ3) is 5.46. The van der Waals surface area contributed by atoms with Crippen molar-refractivity contribution < 1.29 is 8.83 Å². The molecule has 0 bridgehead atoms. The molecule has 3 heteroatoms. The highest BCUT2D eigenvalue weighted by molar-refractivity contribution is 6.25. The first-order valence-corrected chi connectivity index (χ1v) is 24.1. The summed E-state index contributed by atoms with van der Waals surface area (Å²) < 4.78 is 14.0. The zero-order valence-corrected chi connectivity index (χ0v) is 37.9. The molecule has 11 aromatic carbocycles. The van der Waals surface area contributed by atoms with Crippen LogP contribution in [0, 0.1) is 0 Å². The highest BCUT2D eigenvalue weighted by atomic mass is 16.3. The van der Waals surface area contributed by atoms with Crippen LogP contribution < -0.4 is 4.90 Å². The van der Waals surface area contributed by atoms with Gasteiger partial charge < -0.3 is 13.7 Å². The molecule has 0 N–H and O–H groups in total. The van der Waals surface area contributed by atoms with Gasteiger partial charge in [0.25, 0.3) is 0 Å². The minimum Gasteiger partial charge on any atom is -0.456 e. The Bertz CT molecular complexity index is 4170. The van der Waals surface area contributed by atoms with Crippen molar-refractivity contribution >= 4 is 60.9 Å². The van der Waals surface area contributed by atoms with E-state index in [2.05, 4.69) is 248 Å². The average molecular weight is 892 g/mol. The summed E-state index contributed by atoms with van der Waals surface area (Å²) in [5.41, 5.74) is 23.0. The van der Waals surface area contributed by atoms with Gasteiger partial charge in [-0.1, -0.05) is 200 Å². The van der Waals surface area contributed by atoms with Gasteiger partial charge in [-0.25, -0.2) is 0 Å². The minimum atomic E-state index is -0.501. The first-order chi connectivity index (χ1) is 34.7. The van der Waals surface area contributed by atoms with Crippen LogP contribution in [-0.4, -0.2) is 0 Å². The van der Waals surface area contributed by atoms with Gasteiger partial charge in [-0.2, -0.15) is 0 Å². The maximum Gasteiger partial charge on any atom is 0.144 e. The normalized spacial score (nSPS) is 13.0. The fraction of sp³-hybridized carbons (Fsp3) is 0.0149. The summed E-state index contributed by atoms with van der Waals surface area (Å²) in [5.74, 6) is 0. The zero-order valence-electron chi connectivity index (χ0n) is 37.9. The van der Waals surface area contributed by atoms with E-state index in [9.17, 15) is 0 Å². The van der Waals surface area contributed by atoms with Crippen LogP contribution in [0.4, 0.5) is 17.1 Å². The summed E-state index contributed by atoms with van der Waals surface area (Å²) in [6.45, 7) is 0. The molecular formula is C67H41NO2. The molecule has 3 nitrogen and oxygen atoms in total. The topological polar surface area (TPSA) is 29.5 Å². The van der Waals surface area contributed by atoms with E-state index in [0.29, 0.717) is 0 Å². The predicted octanol–water partition coefficient (Wildman–Crippen LogP) is 18.3. The van der Waals surface area contributed by atoms with Gasteiger partial charge in [0, 0.05) is 33.1 Å². The number of fused-ring (bicyclic) bond motifs is 16. The van der Waals surface area contributed by atoms with Gasteiger partial charge >= 0.3 is 0 Å². The van der Waals surface area contributed by atoms with Crippen LogP contribution >= 0.6 is 0 Å². The van der Waals surface area contributed by atoms with Crippen LogP contribution in [0.5, 0.6) is 0 Å². The van der Waals surface area contributed by atoms with Gasteiger partial charge in [-0.05, 0) is 121 Å². The number of anilines is 3. The van der Waals surface area contributed by atoms with Crippen molar-refractivity contribution in [2.45, 2.75) is 5.41 Å². The number of hydrogen-bond acceptors (Lipinski definition) is 3. The fourth-order valence-electron chi connectivity index (χ4n) is 12.2. The summed E-state index contributed by atoms with van der Waals surface area (Å²) in [7, 11) is 0. The van der Waals surface area contributed by atoms with Crippen LogP contribution in [0.2, 0.25) is 0 Å². The van der Waals surface area contributed by atoms with Gasteiger partial charge in [0.1, 0.15) is 22.3 Å². The summed E-state index contributed by atoms with van der Waals surface area (Å²) in [4.78, 5) is 2.45. The highest BCUT2D eigenvalue weighted by Gasteiger charge is 2.51. The lowest BCUT2D eigenvalue weighted by atomic mass is 9.70. The summed E-state index contributed by atoms with van der Waals surface area (Å²) in [5, 5.41) is 4.11. The summed E-state index contributed by atoms with van der Waals surface area (Å²) >= 11 is 0. The second kappa shape index (κ2) is 14.9. The Morgan fingerprint density at radius 2 is 0.829 bits per heavy atom. The van der Waals surface area contributed by atoms with Crippen LogP contribution in [0.15, 0.2) is 258 Å². The van der Waals surface area contributed by atoms with E-state index in [0.717, 1.165) is 88.8 Å². The van der Waals surface area contributed by atoms with Crippen molar-refractivity contribution in [3.05, 3.63) is 271 Å². The molecule has 1 spiro atoms. The van der Waals surface area contributed by atoms with Crippen LogP contribution in [0.1, 0.15) is 22.3 Å². The number of hydrogen-bond donors (Lipinski definition) is 0. The van der Waals surface area contributed by atoms with Gasteiger partial charge in [0.15, 0.2) is 0 Å². The van der Waals surface area contributed by atoms with Crippen LogP contribution in [-0.2, 0) is 5.41 Å². The molecule has 70 heavy (non-hydrogen) atoms. The predicted molar refractivity (Wildman–Crippen MR) is 288 cm³/mol. The van der Waals surface area contributed by atoms with Gasteiger partial charge in [0.05, 0.1) is 16.5 Å². The number of furan rings is 2. The van der Waals surface area contributed by atoms with Crippen molar-refractivity contribution in [1.82, 2.24) is 0 Å². The van der Waals surface area contributed by atoms with Gasteiger partial charge in [-0.15, -0.1) is 0 Å². The van der Waals surface area contributed by atoms with E-state index < -0.39 is 5.41 Å². The Labute approximate surface area is 404 Å². The number of para-hydroxylation sites is 1. The first-order valence-electron chi connectivity index (χ1n) is 24.1. The molecule has 15 rings (SSSR count). The molecule has 0 saturated heterocycles. The Morgan fingerprint density at radius 3 is 1.53 bits per heavy atom. The number of nitrogens with zero attached hydrogens (tertiary/aromatic N) is 1. The quantitative estimate of drug-likeness (QED) is 0.167. The fourth-order valence-corrected chi connectivity index (χ4v) is 12.2. The van der Waals surface area contributed by atoms with E-state index in [1.54, 1.807) is 0 Å². The Kier molecular flexibility index (Phi) is 8.28. The SMILES string of the molecule is c1ccc(-c2ccc(-c3c4oc5cccc(N(c6cccc(-c7ccccc7)c6)c6ccc7c(c6)C6(c8ccccc8-c8ccccc86)c6ccccc6-7)c5c4cc4oc5ccccc5c34)cc2)cc1. The molecule has 0 saturated carbocycles. The van der Waals surface area contributed by atoms with Crippen LogP contribution in [0.25, 0.3) is 99.5 Å². The van der Waals surface area contributed by atoms with Crippen molar-refractivity contribution in [2.75, 3.05) is 4.90 Å².